The van der Waals surface area contributed by atoms with Crippen molar-refractivity contribution in [3.8, 4) is 11.3 Å². The Kier molecular flexibility index (Phi) is 3.29. The van der Waals surface area contributed by atoms with Gasteiger partial charge < -0.3 is 10.7 Å². The summed E-state index contributed by atoms with van der Waals surface area (Å²) in [6.45, 7) is 6.29. The average molecular weight is 229 g/mol. The molecule has 0 fully saturated rings. The van der Waals surface area contributed by atoms with Gasteiger partial charge in [0.25, 0.3) is 0 Å². The van der Waals surface area contributed by atoms with E-state index >= 15 is 0 Å². The number of nitrogens with two attached hydrogens (primary N) is 1. The van der Waals surface area contributed by atoms with E-state index in [1.165, 1.54) is 11.1 Å². The number of rotatable bonds is 3. The second-order valence-corrected chi connectivity index (χ2v) is 4.50. The first-order valence-electron chi connectivity index (χ1n) is 6.00. The molecule has 0 aliphatic rings. The van der Waals surface area contributed by atoms with Gasteiger partial charge in [0, 0.05) is 0 Å². The highest BCUT2D eigenvalue weighted by molar-refractivity contribution is 5.60. The van der Waals surface area contributed by atoms with Crippen LogP contribution < -0.4 is 5.73 Å². The lowest BCUT2D eigenvalue weighted by molar-refractivity contribution is 0.658. The molecule has 1 atom stereocenters. The lowest BCUT2D eigenvalue weighted by atomic mass is 10.0. The first-order chi connectivity index (χ1) is 8.11. The summed E-state index contributed by atoms with van der Waals surface area (Å²) >= 11 is 0. The third-order valence-corrected chi connectivity index (χ3v) is 3.20. The van der Waals surface area contributed by atoms with Gasteiger partial charge in [-0.25, -0.2) is 4.98 Å². The number of nitrogens with zero attached hydrogens (tertiary/aromatic N) is 1. The third-order valence-electron chi connectivity index (χ3n) is 3.20. The zero-order chi connectivity index (χ0) is 12.4. The number of H-pyrrole nitrogens is 1. The smallest absolute Gasteiger partial charge is 0.123 e. The Morgan fingerprint density at radius 2 is 2.06 bits per heavy atom. The maximum Gasteiger partial charge on any atom is 0.123 e. The summed E-state index contributed by atoms with van der Waals surface area (Å²) < 4.78 is 0. The quantitative estimate of drug-likeness (QED) is 0.849. The second kappa shape index (κ2) is 4.72. The van der Waals surface area contributed by atoms with Crippen LogP contribution in [0.2, 0.25) is 0 Å². The number of nitrogens with one attached hydrogen (secondary N) is 1. The van der Waals surface area contributed by atoms with Gasteiger partial charge in [0.2, 0.25) is 0 Å². The van der Waals surface area contributed by atoms with Gasteiger partial charge in [0.05, 0.1) is 17.9 Å². The van der Waals surface area contributed by atoms with Gasteiger partial charge in [-0.2, -0.15) is 0 Å². The van der Waals surface area contributed by atoms with Crippen LogP contribution in [-0.2, 0) is 0 Å². The van der Waals surface area contributed by atoms with E-state index in [4.69, 9.17) is 5.73 Å². The zero-order valence-corrected chi connectivity index (χ0v) is 10.6. The summed E-state index contributed by atoms with van der Waals surface area (Å²) in [5.74, 6) is 0.862. The number of imidazole rings is 1. The molecule has 0 bridgehead atoms. The predicted octanol–water partition coefficient (Wildman–Crippen LogP) is 3.10. The Bertz CT molecular complexity index is 514. The van der Waals surface area contributed by atoms with Gasteiger partial charge in [0.1, 0.15) is 5.82 Å². The Hall–Kier alpha value is -1.61. The molecule has 0 saturated heterocycles. The molecular formula is C14H19N3. The molecule has 0 amide bonds. The first kappa shape index (κ1) is 11.9. The molecule has 3 N–H and O–H groups in total. The van der Waals surface area contributed by atoms with Gasteiger partial charge in [0.15, 0.2) is 0 Å². The van der Waals surface area contributed by atoms with E-state index in [2.05, 4.69) is 48.9 Å². The summed E-state index contributed by atoms with van der Waals surface area (Å²) in [6, 6.07) is 6.40. The summed E-state index contributed by atoms with van der Waals surface area (Å²) in [4.78, 5) is 7.63. The number of hydrogen-bond donors (Lipinski definition) is 2. The molecule has 1 unspecified atom stereocenters. The SMILES string of the molecule is CCC(N)c1ncc(-c2ccc(C)c(C)c2)[nH]1. The highest BCUT2D eigenvalue weighted by Gasteiger charge is 2.09. The van der Waals surface area contributed by atoms with Crippen molar-refractivity contribution in [2.45, 2.75) is 33.2 Å². The fourth-order valence-electron chi connectivity index (χ4n) is 1.77. The molecule has 1 aromatic heterocycles. The Labute approximate surface area is 102 Å². The summed E-state index contributed by atoms with van der Waals surface area (Å²) in [5.41, 5.74) is 10.7. The maximum absolute atomic E-state index is 5.95. The molecule has 3 nitrogen and oxygen atoms in total. The van der Waals surface area contributed by atoms with Gasteiger partial charge in [-0.15, -0.1) is 0 Å². The second-order valence-electron chi connectivity index (χ2n) is 4.50. The maximum atomic E-state index is 5.95. The molecule has 2 aromatic rings. The number of benzene rings is 1. The molecule has 0 radical (unpaired) electrons. The lowest BCUT2D eigenvalue weighted by Crippen LogP contribution is -2.10. The summed E-state index contributed by atoms with van der Waals surface area (Å²) in [5, 5.41) is 0. The molecule has 90 valence electrons. The van der Waals surface area contributed by atoms with Crippen LogP contribution in [-0.4, -0.2) is 9.97 Å². The standard InChI is InChI=1S/C14H19N3/c1-4-12(15)14-16-8-13(17-14)11-6-5-9(2)10(3)7-11/h5-8,12H,4,15H2,1-3H3,(H,16,17). The van der Waals surface area contributed by atoms with Crippen molar-refractivity contribution < 1.29 is 0 Å². The fourth-order valence-corrected chi connectivity index (χ4v) is 1.77. The predicted molar refractivity (Wildman–Crippen MR) is 70.7 cm³/mol. The molecule has 3 heteroatoms. The number of aromatic nitrogens is 2. The summed E-state index contributed by atoms with van der Waals surface area (Å²) in [7, 11) is 0. The molecule has 0 spiro atoms. The van der Waals surface area contributed by atoms with Gasteiger partial charge >= 0.3 is 0 Å². The first-order valence-corrected chi connectivity index (χ1v) is 6.00. The lowest BCUT2D eigenvalue weighted by Gasteiger charge is -2.05. The molecule has 2 rings (SSSR count). The molecule has 1 aromatic carbocycles. The molecule has 0 aliphatic heterocycles. The molecule has 17 heavy (non-hydrogen) atoms. The van der Waals surface area contributed by atoms with E-state index in [1.807, 2.05) is 6.20 Å². The Balaban J connectivity index is 2.33. The van der Waals surface area contributed by atoms with Crippen molar-refractivity contribution in [1.82, 2.24) is 9.97 Å². The molecular weight excluding hydrogens is 210 g/mol. The van der Waals surface area contributed by atoms with Crippen LogP contribution in [0.15, 0.2) is 24.4 Å². The summed E-state index contributed by atoms with van der Waals surface area (Å²) in [6.07, 6.45) is 2.74. The van der Waals surface area contributed by atoms with Crippen LogP contribution in [0.1, 0.15) is 36.3 Å². The molecule has 1 heterocycles. The van der Waals surface area contributed by atoms with Crippen LogP contribution in [0.5, 0.6) is 0 Å². The minimum absolute atomic E-state index is 0.00436. The third kappa shape index (κ3) is 2.39. The van der Waals surface area contributed by atoms with E-state index in [0.29, 0.717) is 0 Å². The molecule has 0 aliphatic carbocycles. The van der Waals surface area contributed by atoms with Crippen LogP contribution in [0, 0.1) is 13.8 Å². The van der Waals surface area contributed by atoms with E-state index in [1.54, 1.807) is 0 Å². The van der Waals surface area contributed by atoms with Crippen LogP contribution in [0.3, 0.4) is 0 Å². The van der Waals surface area contributed by atoms with Crippen molar-refractivity contribution >= 4 is 0 Å². The average Bonchev–Trinajstić information content (AvgIpc) is 2.81. The van der Waals surface area contributed by atoms with Gasteiger partial charge in [-0.05, 0) is 43.0 Å². The van der Waals surface area contributed by atoms with Crippen LogP contribution >= 0.6 is 0 Å². The highest BCUT2D eigenvalue weighted by atomic mass is 15.0. The van der Waals surface area contributed by atoms with E-state index < -0.39 is 0 Å². The van der Waals surface area contributed by atoms with Crippen LogP contribution in [0.4, 0.5) is 0 Å². The van der Waals surface area contributed by atoms with Crippen molar-refractivity contribution in [2.75, 3.05) is 0 Å². The molecule has 0 saturated carbocycles. The number of hydrogen-bond acceptors (Lipinski definition) is 2. The van der Waals surface area contributed by atoms with E-state index in [9.17, 15) is 0 Å². The van der Waals surface area contributed by atoms with Gasteiger partial charge in [-0.3, -0.25) is 0 Å². The minimum Gasteiger partial charge on any atom is -0.341 e. The van der Waals surface area contributed by atoms with Crippen molar-refractivity contribution in [3.05, 3.63) is 41.3 Å². The topological polar surface area (TPSA) is 54.7 Å². The van der Waals surface area contributed by atoms with Crippen molar-refractivity contribution in [1.29, 1.82) is 0 Å². The monoisotopic (exact) mass is 229 g/mol. The van der Waals surface area contributed by atoms with Crippen molar-refractivity contribution in [3.63, 3.8) is 0 Å². The van der Waals surface area contributed by atoms with E-state index in [0.717, 1.165) is 23.5 Å². The number of aromatic amines is 1. The van der Waals surface area contributed by atoms with Crippen molar-refractivity contribution in [2.24, 2.45) is 5.73 Å². The van der Waals surface area contributed by atoms with Crippen LogP contribution in [0.25, 0.3) is 11.3 Å². The largest absolute Gasteiger partial charge is 0.341 e. The van der Waals surface area contributed by atoms with E-state index in [-0.39, 0.29) is 6.04 Å². The zero-order valence-electron chi connectivity index (χ0n) is 10.6. The fraction of sp³-hybridized carbons (Fsp3) is 0.357. The normalized spacial score (nSPS) is 12.7. The highest BCUT2D eigenvalue weighted by Crippen LogP contribution is 2.22. The minimum atomic E-state index is -0.00436. The Morgan fingerprint density at radius 3 is 2.71 bits per heavy atom. The van der Waals surface area contributed by atoms with Gasteiger partial charge in [-0.1, -0.05) is 19.1 Å². The Morgan fingerprint density at radius 1 is 1.29 bits per heavy atom. The number of aryl methyl sites for hydroxylation is 2.